The van der Waals surface area contributed by atoms with Crippen molar-refractivity contribution in [2.75, 3.05) is 0 Å². The molecule has 7 nitrogen and oxygen atoms in total. The van der Waals surface area contributed by atoms with Gasteiger partial charge < -0.3 is 5.11 Å². The second-order valence-electron chi connectivity index (χ2n) is 6.24. The van der Waals surface area contributed by atoms with Gasteiger partial charge in [-0.15, -0.1) is 0 Å². The van der Waals surface area contributed by atoms with E-state index in [1.54, 1.807) is 0 Å². The molecule has 0 fully saturated rings. The molecule has 0 radical (unpaired) electrons. The molecule has 0 aliphatic heterocycles. The van der Waals surface area contributed by atoms with Gasteiger partial charge in [-0.1, -0.05) is 0 Å². The molecule has 4 aromatic rings. The lowest BCUT2D eigenvalue weighted by Gasteiger charge is -2.09. The average Bonchev–Trinajstić information content (AvgIpc) is 3.17. The molecule has 1 N–H and O–H groups in total. The minimum absolute atomic E-state index is 0.0102. The molecule has 0 spiro atoms. The van der Waals surface area contributed by atoms with Crippen molar-refractivity contribution in [3.8, 4) is 17.4 Å². The van der Waals surface area contributed by atoms with E-state index in [-0.39, 0.29) is 40.4 Å². The Kier molecular flexibility index (Phi) is 4.57. The quantitative estimate of drug-likeness (QED) is 0.526. The van der Waals surface area contributed by atoms with E-state index in [0.29, 0.717) is 0 Å². The van der Waals surface area contributed by atoms with Gasteiger partial charge in [-0.25, -0.2) is 32.6 Å². The number of rotatable bonds is 4. The number of aryl methyl sites for hydroxylation is 1. The zero-order valence-electron chi connectivity index (χ0n) is 14.9. The van der Waals surface area contributed by atoms with E-state index in [2.05, 4.69) is 25.0 Å². The standard InChI is InChI=1S/C18H12F4N6O/c1-8-2-11(21)9(3-10(8)20)4-12-17-23-7-24-28(17)6-14(25-12)16-26-13(5-19)15(22)18(29)27-16/h2-3,6-7H,4-5H2,1H3,(H,26,27,29). The molecular formula is C18H12F4N6O. The Morgan fingerprint density at radius 1 is 1.03 bits per heavy atom. The summed E-state index contributed by atoms with van der Waals surface area (Å²) in [6.07, 6.45) is 2.43. The van der Waals surface area contributed by atoms with Crippen LogP contribution in [0.1, 0.15) is 22.5 Å². The highest BCUT2D eigenvalue weighted by Gasteiger charge is 2.19. The number of hydrogen-bond donors (Lipinski definition) is 1. The van der Waals surface area contributed by atoms with Crippen molar-refractivity contribution in [1.29, 1.82) is 0 Å². The van der Waals surface area contributed by atoms with Gasteiger partial charge in [0.25, 0.3) is 5.88 Å². The third kappa shape index (κ3) is 3.35. The predicted molar refractivity (Wildman–Crippen MR) is 92.1 cm³/mol. The fourth-order valence-electron chi connectivity index (χ4n) is 2.80. The van der Waals surface area contributed by atoms with Gasteiger partial charge in [0.2, 0.25) is 5.82 Å². The van der Waals surface area contributed by atoms with Crippen LogP contribution in [-0.4, -0.2) is 34.7 Å². The zero-order valence-corrected chi connectivity index (χ0v) is 14.9. The number of aromatic nitrogens is 6. The van der Waals surface area contributed by atoms with E-state index in [1.807, 2.05) is 0 Å². The third-order valence-electron chi connectivity index (χ3n) is 4.27. The van der Waals surface area contributed by atoms with E-state index in [0.717, 1.165) is 12.1 Å². The molecule has 29 heavy (non-hydrogen) atoms. The molecule has 0 atom stereocenters. The molecule has 3 aromatic heterocycles. The van der Waals surface area contributed by atoms with Crippen molar-refractivity contribution >= 4 is 5.65 Å². The lowest BCUT2D eigenvalue weighted by molar-refractivity contribution is 0.388. The molecule has 0 saturated heterocycles. The first-order valence-electron chi connectivity index (χ1n) is 8.33. The maximum absolute atomic E-state index is 14.3. The van der Waals surface area contributed by atoms with Crippen LogP contribution < -0.4 is 0 Å². The summed E-state index contributed by atoms with van der Waals surface area (Å²) in [7, 11) is 0. The van der Waals surface area contributed by atoms with Gasteiger partial charge in [-0.2, -0.15) is 14.5 Å². The average molecular weight is 404 g/mol. The number of benzene rings is 1. The molecule has 0 amide bonds. The first-order chi connectivity index (χ1) is 13.9. The van der Waals surface area contributed by atoms with Crippen molar-refractivity contribution in [2.45, 2.75) is 20.0 Å². The molecule has 1 aromatic carbocycles. The first-order valence-corrected chi connectivity index (χ1v) is 8.33. The Bertz CT molecular complexity index is 1240. The van der Waals surface area contributed by atoms with E-state index in [1.165, 1.54) is 24.0 Å². The summed E-state index contributed by atoms with van der Waals surface area (Å²) in [5, 5.41) is 13.6. The van der Waals surface area contributed by atoms with Gasteiger partial charge in [0.05, 0.1) is 11.9 Å². The summed E-state index contributed by atoms with van der Waals surface area (Å²) in [4.78, 5) is 15.6. The zero-order chi connectivity index (χ0) is 20.7. The van der Waals surface area contributed by atoms with Crippen LogP contribution in [0, 0.1) is 24.4 Å². The molecule has 148 valence electrons. The van der Waals surface area contributed by atoms with Gasteiger partial charge >= 0.3 is 0 Å². The molecule has 0 unspecified atom stereocenters. The van der Waals surface area contributed by atoms with Gasteiger partial charge in [0, 0.05) is 6.42 Å². The Balaban J connectivity index is 1.86. The molecule has 0 aliphatic carbocycles. The fraction of sp³-hybridized carbons (Fsp3) is 0.167. The highest BCUT2D eigenvalue weighted by molar-refractivity contribution is 5.55. The van der Waals surface area contributed by atoms with Crippen molar-refractivity contribution < 1.29 is 22.7 Å². The smallest absolute Gasteiger partial charge is 0.252 e. The van der Waals surface area contributed by atoms with Crippen molar-refractivity contribution in [3.63, 3.8) is 0 Å². The third-order valence-corrected chi connectivity index (χ3v) is 4.27. The fourth-order valence-corrected chi connectivity index (χ4v) is 2.80. The summed E-state index contributed by atoms with van der Waals surface area (Å²) < 4.78 is 56.1. The first kappa shape index (κ1) is 18.7. The van der Waals surface area contributed by atoms with Crippen LogP contribution in [-0.2, 0) is 13.1 Å². The lowest BCUT2D eigenvalue weighted by atomic mass is 10.1. The van der Waals surface area contributed by atoms with Crippen LogP contribution in [0.2, 0.25) is 0 Å². The number of alkyl halides is 1. The molecular weight excluding hydrogens is 392 g/mol. The van der Waals surface area contributed by atoms with Crippen LogP contribution in [0.5, 0.6) is 5.88 Å². The van der Waals surface area contributed by atoms with Crippen LogP contribution in [0.4, 0.5) is 17.6 Å². The molecule has 0 bridgehead atoms. The number of hydrogen-bond acceptors (Lipinski definition) is 6. The predicted octanol–water partition coefficient (Wildman–Crippen LogP) is 3.07. The Labute approximate surface area is 160 Å². The van der Waals surface area contributed by atoms with Crippen molar-refractivity contribution in [1.82, 2.24) is 29.5 Å². The molecule has 0 saturated carbocycles. The number of halogens is 4. The maximum Gasteiger partial charge on any atom is 0.252 e. The molecule has 3 heterocycles. The Morgan fingerprint density at radius 2 is 1.83 bits per heavy atom. The van der Waals surface area contributed by atoms with Gasteiger partial charge in [-0.05, 0) is 30.2 Å². The van der Waals surface area contributed by atoms with Gasteiger partial charge in [0.1, 0.15) is 36.0 Å². The summed E-state index contributed by atoms with van der Waals surface area (Å²) in [6.45, 7) is 0.180. The van der Waals surface area contributed by atoms with E-state index >= 15 is 0 Å². The second kappa shape index (κ2) is 7.08. The van der Waals surface area contributed by atoms with Gasteiger partial charge in [-0.3, -0.25) is 0 Å². The van der Waals surface area contributed by atoms with Crippen molar-refractivity contribution in [2.24, 2.45) is 0 Å². The maximum atomic E-state index is 14.3. The topological polar surface area (TPSA) is 89.1 Å². The number of aromatic hydroxyl groups is 1. The monoisotopic (exact) mass is 404 g/mol. The number of nitrogens with zero attached hydrogens (tertiary/aromatic N) is 6. The molecule has 0 aliphatic rings. The SMILES string of the molecule is Cc1cc(F)c(Cc2nc(-c3nc(O)c(F)c(CF)n3)cn3ncnc23)cc1F. The van der Waals surface area contributed by atoms with E-state index in [4.69, 9.17) is 0 Å². The van der Waals surface area contributed by atoms with Crippen LogP contribution in [0.15, 0.2) is 24.7 Å². The van der Waals surface area contributed by atoms with E-state index < -0.39 is 35.7 Å². The summed E-state index contributed by atoms with van der Waals surface area (Å²) >= 11 is 0. The highest BCUT2D eigenvalue weighted by Crippen LogP contribution is 2.24. The summed E-state index contributed by atoms with van der Waals surface area (Å²) in [6, 6.07) is 2.14. The lowest BCUT2D eigenvalue weighted by Crippen LogP contribution is -2.06. The summed E-state index contributed by atoms with van der Waals surface area (Å²) in [5.74, 6) is -3.75. The van der Waals surface area contributed by atoms with Crippen LogP contribution in [0.3, 0.4) is 0 Å². The Morgan fingerprint density at radius 3 is 2.59 bits per heavy atom. The van der Waals surface area contributed by atoms with Crippen molar-refractivity contribution in [3.05, 3.63) is 64.6 Å². The minimum atomic E-state index is -1.27. The van der Waals surface area contributed by atoms with Crippen LogP contribution in [0.25, 0.3) is 17.2 Å². The molecule has 4 rings (SSSR count). The highest BCUT2D eigenvalue weighted by atomic mass is 19.1. The van der Waals surface area contributed by atoms with Gasteiger partial charge in [0.15, 0.2) is 11.5 Å². The summed E-state index contributed by atoms with van der Waals surface area (Å²) in [5.41, 5.74) is 0.0456. The minimum Gasteiger partial charge on any atom is -0.491 e. The number of fused-ring (bicyclic) bond motifs is 1. The van der Waals surface area contributed by atoms with Crippen LogP contribution >= 0.6 is 0 Å². The molecule has 11 heteroatoms. The second-order valence-corrected chi connectivity index (χ2v) is 6.24. The largest absolute Gasteiger partial charge is 0.491 e. The Hall–Kier alpha value is -3.63. The van der Waals surface area contributed by atoms with E-state index in [9.17, 15) is 22.7 Å². The normalized spacial score (nSPS) is 11.3.